The van der Waals surface area contributed by atoms with Gasteiger partial charge in [-0.15, -0.1) is 11.3 Å². The second-order valence-corrected chi connectivity index (χ2v) is 7.27. The zero-order valence-electron chi connectivity index (χ0n) is 15.0. The van der Waals surface area contributed by atoms with Crippen molar-refractivity contribution < 1.29 is 14.3 Å². The zero-order valence-corrected chi connectivity index (χ0v) is 15.8. The molecule has 0 N–H and O–H groups in total. The first-order chi connectivity index (χ1) is 13.2. The number of hydrogen-bond acceptors (Lipinski definition) is 4. The number of aryl methyl sites for hydroxylation is 1. The van der Waals surface area contributed by atoms with Gasteiger partial charge in [0.1, 0.15) is 4.83 Å². The van der Waals surface area contributed by atoms with E-state index in [-0.39, 0.29) is 5.97 Å². The van der Waals surface area contributed by atoms with E-state index < -0.39 is 0 Å². The van der Waals surface area contributed by atoms with Gasteiger partial charge in [0.15, 0.2) is 6.29 Å². The van der Waals surface area contributed by atoms with Crippen molar-refractivity contribution >= 4 is 38.6 Å². The minimum absolute atomic E-state index is 0.218. The zero-order chi connectivity index (χ0) is 18.8. The number of hydrogen-bond donors (Lipinski definition) is 0. The summed E-state index contributed by atoms with van der Waals surface area (Å²) in [6, 6.07) is 17.9. The van der Waals surface area contributed by atoms with Crippen molar-refractivity contribution in [2.24, 2.45) is 0 Å². The molecule has 2 heterocycles. The molecule has 0 saturated heterocycles. The Labute approximate surface area is 161 Å². The second kappa shape index (κ2) is 7.37. The fraction of sp³-hybridized carbons (Fsp3) is 0.182. The third-order valence-corrected chi connectivity index (χ3v) is 5.82. The third kappa shape index (κ3) is 3.04. The summed E-state index contributed by atoms with van der Waals surface area (Å²) in [5.41, 5.74) is 4.56. The highest BCUT2D eigenvalue weighted by Crippen LogP contribution is 2.39. The molecule has 2 aromatic heterocycles. The van der Waals surface area contributed by atoms with Crippen LogP contribution in [0.1, 0.15) is 29.4 Å². The fourth-order valence-electron chi connectivity index (χ4n) is 3.53. The minimum atomic E-state index is -0.218. The Morgan fingerprint density at radius 3 is 2.59 bits per heavy atom. The maximum Gasteiger partial charge on any atom is 0.306 e. The number of carbonyl (C=O) groups is 2. The molecule has 0 aliphatic rings. The first-order valence-corrected chi connectivity index (χ1v) is 9.77. The molecule has 0 amide bonds. The van der Waals surface area contributed by atoms with Crippen LogP contribution in [-0.2, 0) is 16.0 Å². The van der Waals surface area contributed by atoms with Crippen molar-refractivity contribution in [1.29, 1.82) is 0 Å². The van der Waals surface area contributed by atoms with E-state index in [0.717, 1.165) is 38.0 Å². The van der Waals surface area contributed by atoms with Crippen LogP contribution in [-0.4, -0.2) is 23.3 Å². The summed E-state index contributed by atoms with van der Waals surface area (Å²) < 4.78 is 8.24. The first-order valence-electron chi connectivity index (χ1n) is 8.95. The van der Waals surface area contributed by atoms with Gasteiger partial charge in [-0.2, -0.15) is 0 Å². The van der Waals surface area contributed by atoms with Crippen LogP contribution in [0.2, 0.25) is 0 Å². The van der Waals surface area contributed by atoms with Gasteiger partial charge in [-0.3, -0.25) is 14.0 Å². The lowest BCUT2D eigenvalue weighted by Crippen LogP contribution is -2.05. The number of nitrogens with zero attached hydrogens (tertiary/aromatic N) is 1. The molecule has 0 saturated carbocycles. The SMILES string of the molecule is CCOC(=O)CCc1c(-c2ccccc2)c(C=O)n2c1sc1ccccc12. The molecule has 2 aromatic carbocycles. The van der Waals surface area contributed by atoms with E-state index >= 15 is 0 Å². The van der Waals surface area contributed by atoms with Gasteiger partial charge in [-0.1, -0.05) is 42.5 Å². The number of aromatic nitrogens is 1. The van der Waals surface area contributed by atoms with Crippen LogP contribution in [0.25, 0.3) is 26.2 Å². The van der Waals surface area contributed by atoms with E-state index in [9.17, 15) is 9.59 Å². The number of aldehydes is 1. The number of rotatable bonds is 6. The lowest BCUT2D eigenvalue weighted by atomic mass is 9.99. The van der Waals surface area contributed by atoms with Crippen LogP contribution in [0.4, 0.5) is 0 Å². The van der Waals surface area contributed by atoms with Crippen molar-refractivity contribution in [3.8, 4) is 11.1 Å². The Balaban J connectivity index is 1.96. The van der Waals surface area contributed by atoms with E-state index in [0.29, 0.717) is 25.1 Å². The summed E-state index contributed by atoms with van der Waals surface area (Å²) in [5.74, 6) is -0.218. The van der Waals surface area contributed by atoms with E-state index in [1.165, 1.54) is 0 Å². The fourth-order valence-corrected chi connectivity index (χ4v) is 4.76. The predicted octanol–water partition coefficient (Wildman–Crippen LogP) is 5.13. The summed E-state index contributed by atoms with van der Waals surface area (Å²) >= 11 is 1.65. The normalized spacial score (nSPS) is 11.1. The number of thiazole rings is 1. The molecule has 0 aliphatic carbocycles. The van der Waals surface area contributed by atoms with Gasteiger partial charge in [0.05, 0.1) is 22.5 Å². The van der Waals surface area contributed by atoms with Crippen LogP contribution in [0.5, 0.6) is 0 Å². The monoisotopic (exact) mass is 377 g/mol. The summed E-state index contributed by atoms with van der Waals surface area (Å²) in [6.45, 7) is 2.18. The van der Waals surface area contributed by atoms with Crippen LogP contribution >= 0.6 is 11.3 Å². The molecular weight excluding hydrogens is 358 g/mol. The Morgan fingerprint density at radius 2 is 1.85 bits per heavy atom. The van der Waals surface area contributed by atoms with Gasteiger partial charge < -0.3 is 4.74 Å². The van der Waals surface area contributed by atoms with Crippen molar-refractivity contribution in [3.05, 3.63) is 65.9 Å². The van der Waals surface area contributed by atoms with Crippen LogP contribution in [0.15, 0.2) is 54.6 Å². The lowest BCUT2D eigenvalue weighted by molar-refractivity contribution is -0.143. The highest BCUT2D eigenvalue weighted by atomic mass is 32.1. The lowest BCUT2D eigenvalue weighted by Gasteiger charge is -2.06. The summed E-state index contributed by atoms with van der Waals surface area (Å²) in [6.07, 6.45) is 1.75. The highest BCUT2D eigenvalue weighted by molar-refractivity contribution is 7.24. The van der Waals surface area contributed by atoms with E-state index in [1.807, 2.05) is 52.9 Å². The average Bonchev–Trinajstić information content (AvgIpc) is 3.21. The standard InChI is InChI=1S/C22H19NO3S/c1-2-26-20(25)13-12-16-21(15-8-4-3-5-9-15)18(14-24)23-17-10-6-7-11-19(17)27-22(16)23/h3-11,14H,2,12-13H2,1H3. The molecule has 0 bridgehead atoms. The highest BCUT2D eigenvalue weighted by Gasteiger charge is 2.23. The molecule has 0 radical (unpaired) electrons. The third-order valence-electron chi connectivity index (χ3n) is 4.63. The molecule has 0 fully saturated rings. The number of benzene rings is 2. The summed E-state index contributed by atoms with van der Waals surface area (Å²) in [7, 11) is 0. The molecule has 4 aromatic rings. The van der Waals surface area contributed by atoms with Gasteiger partial charge in [0.2, 0.25) is 0 Å². The molecule has 4 nitrogen and oxygen atoms in total. The Hall–Kier alpha value is -2.92. The van der Waals surface area contributed by atoms with Crippen LogP contribution in [0.3, 0.4) is 0 Å². The maximum absolute atomic E-state index is 12.1. The van der Waals surface area contributed by atoms with Gasteiger partial charge >= 0.3 is 5.97 Å². The molecule has 27 heavy (non-hydrogen) atoms. The maximum atomic E-state index is 12.1. The van der Waals surface area contributed by atoms with Crippen molar-refractivity contribution in [2.45, 2.75) is 19.8 Å². The smallest absolute Gasteiger partial charge is 0.306 e. The van der Waals surface area contributed by atoms with Gasteiger partial charge in [-0.05, 0) is 36.6 Å². The van der Waals surface area contributed by atoms with Crippen molar-refractivity contribution in [2.75, 3.05) is 6.61 Å². The van der Waals surface area contributed by atoms with Crippen LogP contribution < -0.4 is 0 Å². The average molecular weight is 377 g/mol. The molecule has 0 atom stereocenters. The molecule has 5 heteroatoms. The number of para-hydroxylation sites is 1. The number of carbonyl (C=O) groups excluding carboxylic acids is 2. The number of esters is 1. The topological polar surface area (TPSA) is 47.8 Å². The molecule has 4 rings (SSSR count). The second-order valence-electron chi connectivity index (χ2n) is 6.24. The first kappa shape index (κ1) is 17.5. The Kier molecular flexibility index (Phi) is 4.77. The molecule has 136 valence electrons. The minimum Gasteiger partial charge on any atom is -0.466 e. The number of fused-ring (bicyclic) bond motifs is 3. The Morgan fingerprint density at radius 1 is 1.11 bits per heavy atom. The van der Waals surface area contributed by atoms with Crippen molar-refractivity contribution in [3.63, 3.8) is 0 Å². The predicted molar refractivity (Wildman–Crippen MR) is 109 cm³/mol. The van der Waals surface area contributed by atoms with Gasteiger partial charge in [-0.25, -0.2) is 0 Å². The van der Waals surface area contributed by atoms with E-state index in [4.69, 9.17) is 4.74 Å². The summed E-state index contributed by atoms with van der Waals surface area (Å²) in [4.78, 5) is 25.1. The molecular formula is C22H19NO3S. The largest absolute Gasteiger partial charge is 0.466 e. The molecule has 0 unspecified atom stereocenters. The molecule has 0 aliphatic heterocycles. The van der Waals surface area contributed by atoms with Gasteiger partial charge in [0, 0.05) is 12.0 Å². The van der Waals surface area contributed by atoms with Gasteiger partial charge in [0.25, 0.3) is 0 Å². The Bertz CT molecular complexity index is 1120. The van der Waals surface area contributed by atoms with Crippen molar-refractivity contribution in [1.82, 2.24) is 4.40 Å². The number of ether oxygens (including phenoxy) is 1. The van der Waals surface area contributed by atoms with E-state index in [1.54, 1.807) is 18.3 Å². The molecule has 0 spiro atoms. The van der Waals surface area contributed by atoms with E-state index in [2.05, 4.69) is 6.07 Å². The van der Waals surface area contributed by atoms with Crippen LogP contribution in [0, 0.1) is 0 Å². The quantitative estimate of drug-likeness (QED) is 0.346. The summed E-state index contributed by atoms with van der Waals surface area (Å²) in [5, 5.41) is 0.